The van der Waals surface area contributed by atoms with E-state index in [9.17, 15) is 4.79 Å². The van der Waals surface area contributed by atoms with E-state index in [1.54, 1.807) is 18.3 Å². The maximum atomic E-state index is 12.3. The van der Waals surface area contributed by atoms with Crippen molar-refractivity contribution in [1.82, 2.24) is 10.2 Å². The number of hydrogen-bond donors (Lipinski definition) is 2. The van der Waals surface area contributed by atoms with Crippen LogP contribution in [0, 0.1) is 0 Å². The fraction of sp³-hybridized carbons (Fsp3) is 0.688. The highest BCUT2D eigenvalue weighted by Gasteiger charge is 2.29. The van der Waals surface area contributed by atoms with E-state index in [0.29, 0.717) is 13.0 Å². The summed E-state index contributed by atoms with van der Waals surface area (Å²) in [5, 5.41) is 5.13. The third kappa shape index (κ3) is 5.72. The smallest absolute Gasteiger partial charge is 0.239 e. The molecule has 1 saturated heterocycles. The summed E-state index contributed by atoms with van der Waals surface area (Å²) in [5.41, 5.74) is 5.32. The van der Waals surface area contributed by atoms with Gasteiger partial charge in [0, 0.05) is 24.5 Å². The fourth-order valence-electron chi connectivity index (χ4n) is 2.80. The molecule has 7 heteroatoms. The lowest BCUT2D eigenvalue weighted by atomic mass is 9.96. The molecule has 132 valence electrons. The fourth-order valence-corrected chi connectivity index (χ4v) is 3.66. The van der Waals surface area contributed by atoms with Gasteiger partial charge in [-0.2, -0.15) is 0 Å². The van der Waals surface area contributed by atoms with Crippen LogP contribution in [0.3, 0.4) is 0 Å². The molecule has 0 bridgehead atoms. The van der Waals surface area contributed by atoms with Gasteiger partial charge in [-0.1, -0.05) is 19.4 Å². The zero-order valence-corrected chi connectivity index (χ0v) is 15.5. The van der Waals surface area contributed by atoms with E-state index < -0.39 is 5.54 Å². The number of nitrogens with zero attached hydrogens (tertiary/aromatic N) is 1. The Labute approximate surface area is 149 Å². The van der Waals surface area contributed by atoms with Crippen LogP contribution in [0.2, 0.25) is 0 Å². The van der Waals surface area contributed by atoms with Gasteiger partial charge in [-0.25, -0.2) is 0 Å². The van der Waals surface area contributed by atoms with Gasteiger partial charge in [0.1, 0.15) is 0 Å². The summed E-state index contributed by atoms with van der Waals surface area (Å²) in [4.78, 5) is 16.0. The number of rotatable bonds is 7. The van der Waals surface area contributed by atoms with Crippen LogP contribution in [-0.2, 0) is 9.53 Å². The molecule has 1 fully saturated rings. The maximum absolute atomic E-state index is 12.3. The van der Waals surface area contributed by atoms with E-state index in [1.165, 1.54) is 4.88 Å². The van der Waals surface area contributed by atoms with Gasteiger partial charge in [0.15, 0.2) is 0 Å². The largest absolute Gasteiger partial charge is 0.379 e. The van der Waals surface area contributed by atoms with Crippen LogP contribution < -0.4 is 11.1 Å². The van der Waals surface area contributed by atoms with Crippen LogP contribution in [0.25, 0.3) is 0 Å². The number of nitrogens with two attached hydrogens (primary N) is 1. The molecule has 0 radical (unpaired) electrons. The van der Waals surface area contributed by atoms with Crippen LogP contribution in [0.15, 0.2) is 17.5 Å². The molecule has 2 atom stereocenters. The molecule has 0 aromatic carbocycles. The SMILES string of the molecule is CCCC(C)(N)C(=O)NCC(c1cccs1)N1CCOCC1.Cl. The van der Waals surface area contributed by atoms with Crippen molar-refractivity contribution in [3.05, 3.63) is 22.4 Å². The summed E-state index contributed by atoms with van der Waals surface area (Å²) in [5.74, 6) is -0.0656. The first kappa shape index (κ1) is 20.4. The van der Waals surface area contributed by atoms with E-state index in [0.717, 1.165) is 32.7 Å². The average molecular weight is 362 g/mol. The van der Waals surface area contributed by atoms with Gasteiger partial charge in [-0.3, -0.25) is 9.69 Å². The van der Waals surface area contributed by atoms with Gasteiger partial charge >= 0.3 is 0 Å². The molecule has 1 aliphatic rings. The highest BCUT2D eigenvalue weighted by molar-refractivity contribution is 7.10. The van der Waals surface area contributed by atoms with Crippen molar-refractivity contribution in [3.8, 4) is 0 Å². The summed E-state index contributed by atoms with van der Waals surface area (Å²) in [6.07, 6.45) is 1.60. The lowest BCUT2D eigenvalue weighted by molar-refractivity contribution is -0.126. The Balaban J connectivity index is 0.00000264. The first-order valence-electron chi connectivity index (χ1n) is 7.97. The highest BCUT2D eigenvalue weighted by atomic mass is 35.5. The Kier molecular flexibility index (Phi) is 8.50. The zero-order valence-electron chi connectivity index (χ0n) is 13.9. The van der Waals surface area contributed by atoms with E-state index in [1.807, 2.05) is 6.92 Å². The average Bonchev–Trinajstić information content (AvgIpc) is 3.02. The predicted molar refractivity (Wildman–Crippen MR) is 97.2 cm³/mol. The quantitative estimate of drug-likeness (QED) is 0.781. The Morgan fingerprint density at radius 2 is 2.22 bits per heavy atom. The summed E-state index contributed by atoms with van der Waals surface area (Å²) >= 11 is 1.73. The molecule has 0 saturated carbocycles. The predicted octanol–water partition coefficient (Wildman–Crippen LogP) is 2.18. The third-order valence-corrected chi connectivity index (χ3v) is 5.08. The molecule has 23 heavy (non-hydrogen) atoms. The van der Waals surface area contributed by atoms with Crippen molar-refractivity contribution in [1.29, 1.82) is 0 Å². The molecule has 2 rings (SSSR count). The molecule has 2 heterocycles. The molecule has 0 aliphatic carbocycles. The number of carbonyl (C=O) groups is 1. The Hall–Kier alpha value is -0.660. The minimum absolute atomic E-state index is 0. The van der Waals surface area contributed by atoms with Gasteiger partial charge in [0.25, 0.3) is 0 Å². The summed E-state index contributed by atoms with van der Waals surface area (Å²) in [6, 6.07) is 4.38. The molecule has 2 unspecified atom stereocenters. The van der Waals surface area contributed by atoms with Crippen molar-refractivity contribution < 1.29 is 9.53 Å². The van der Waals surface area contributed by atoms with Crippen molar-refractivity contribution in [2.45, 2.75) is 38.3 Å². The van der Waals surface area contributed by atoms with Crippen LogP contribution >= 0.6 is 23.7 Å². The van der Waals surface area contributed by atoms with Crippen LogP contribution in [0.5, 0.6) is 0 Å². The van der Waals surface area contributed by atoms with Crippen molar-refractivity contribution in [2.24, 2.45) is 5.73 Å². The molecule has 1 aliphatic heterocycles. The second kappa shape index (κ2) is 9.59. The molecule has 3 N–H and O–H groups in total. The molecule has 1 amide bonds. The van der Waals surface area contributed by atoms with Crippen molar-refractivity contribution in [3.63, 3.8) is 0 Å². The number of thiophene rings is 1. The normalized spacial score (nSPS) is 19.4. The Morgan fingerprint density at radius 3 is 2.78 bits per heavy atom. The molecule has 1 aromatic rings. The van der Waals surface area contributed by atoms with E-state index in [-0.39, 0.29) is 24.4 Å². The lowest BCUT2D eigenvalue weighted by Gasteiger charge is -2.34. The summed E-state index contributed by atoms with van der Waals surface area (Å²) in [7, 11) is 0. The minimum atomic E-state index is -0.792. The third-order valence-electron chi connectivity index (χ3n) is 4.10. The van der Waals surface area contributed by atoms with Gasteiger partial charge in [-0.15, -0.1) is 23.7 Å². The Bertz CT molecular complexity index is 462. The van der Waals surface area contributed by atoms with E-state index in [2.05, 4.69) is 27.7 Å². The van der Waals surface area contributed by atoms with Crippen LogP contribution in [-0.4, -0.2) is 49.2 Å². The zero-order chi connectivity index (χ0) is 16.0. The van der Waals surface area contributed by atoms with Crippen LogP contribution in [0.4, 0.5) is 0 Å². The van der Waals surface area contributed by atoms with Gasteiger partial charge in [-0.05, 0) is 24.8 Å². The topological polar surface area (TPSA) is 67.6 Å². The molecule has 5 nitrogen and oxygen atoms in total. The molecular formula is C16H28ClN3O2S. The van der Waals surface area contributed by atoms with E-state index >= 15 is 0 Å². The number of nitrogens with one attached hydrogen (secondary N) is 1. The number of morpholine rings is 1. The monoisotopic (exact) mass is 361 g/mol. The van der Waals surface area contributed by atoms with Gasteiger partial charge < -0.3 is 15.8 Å². The van der Waals surface area contributed by atoms with Gasteiger partial charge in [0.2, 0.25) is 5.91 Å². The summed E-state index contributed by atoms with van der Waals surface area (Å²) in [6.45, 7) is 7.73. The van der Waals surface area contributed by atoms with Crippen molar-refractivity contribution in [2.75, 3.05) is 32.8 Å². The van der Waals surface area contributed by atoms with Gasteiger partial charge in [0.05, 0.1) is 24.8 Å². The standard InChI is InChI=1S/C16H27N3O2S.ClH/c1-3-6-16(2,17)15(20)18-12-13(14-5-4-11-22-14)19-7-9-21-10-8-19;/h4-5,11,13H,3,6-10,12,17H2,1-2H3,(H,18,20);1H. The second-order valence-corrected chi connectivity index (χ2v) is 7.04. The molecule has 0 spiro atoms. The number of halogens is 1. The second-order valence-electron chi connectivity index (χ2n) is 6.06. The number of amides is 1. The number of ether oxygens (including phenoxy) is 1. The number of hydrogen-bond acceptors (Lipinski definition) is 5. The first-order chi connectivity index (χ1) is 10.5. The molecule has 1 aromatic heterocycles. The number of carbonyl (C=O) groups excluding carboxylic acids is 1. The van der Waals surface area contributed by atoms with Crippen molar-refractivity contribution >= 4 is 29.7 Å². The van der Waals surface area contributed by atoms with E-state index in [4.69, 9.17) is 10.5 Å². The Morgan fingerprint density at radius 1 is 1.52 bits per heavy atom. The molecular weight excluding hydrogens is 334 g/mol. The van der Waals surface area contributed by atoms with Crippen LogP contribution in [0.1, 0.15) is 37.6 Å². The maximum Gasteiger partial charge on any atom is 0.239 e. The first-order valence-corrected chi connectivity index (χ1v) is 8.85. The lowest BCUT2D eigenvalue weighted by Crippen LogP contribution is -2.53. The minimum Gasteiger partial charge on any atom is -0.379 e. The highest BCUT2D eigenvalue weighted by Crippen LogP contribution is 2.25. The summed E-state index contributed by atoms with van der Waals surface area (Å²) < 4.78 is 5.43.